The molecule has 7 atom stereocenters. The average molecular weight is 403 g/mol. The topological polar surface area (TPSA) is 49.4 Å². The normalized spacial score (nSPS) is 44.1. The van der Waals surface area contributed by atoms with E-state index in [9.17, 15) is 9.59 Å². The predicted molar refractivity (Wildman–Crippen MR) is 116 cm³/mol. The van der Waals surface area contributed by atoms with Gasteiger partial charge in [-0.3, -0.25) is 9.59 Å². The first-order valence-corrected chi connectivity index (χ1v) is 12.2. The Balaban J connectivity index is 1.57. The van der Waals surface area contributed by atoms with Crippen LogP contribution in [0, 0.1) is 34.5 Å². The van der Waals surface area contributed by atoms with Crippen molar-refractivity contribution in [1.82, 2.24) is 10.2 Å². The molecule has 4 nitrogen and oxygen atoms in total. The molecule has 0 aromatic rings. The average Bonchev–Trinajstić information content (AvgIpc) is 2.99. The Labute approximate surface area is 177 Å². The number of nitrogens with one attached hydrogen (secondary N) is 1. The molecule has 3 saturated carbocycles. The summed E-state index contributed by atoms with van der Waals surface area (Å²) < 4.78 is 0. The molecule has 3 aliphatic carbocycles. The second-order valence-corrected chi connectivity index (χ2v) is 11.7. The Bertz CT molecular complexity index is 666. The molecular weight excluding hydrogens is 360 g/mol. The molecule has 164 valence electrons. The van der Waals surface area contributed by atoms with E-state index in [4.69, 9.17) is 0 Å². The highest BCUT2D eigenvalue weighted by Crippen LogP contribution is 2.65. The predicted octanol–water partition coefficient (Wildman–Crippen LogP) is 4.77. The maximum Gasteiger partial charge on any atom is 0.226 e. The van der Waals surface area contributed by atoms with Crippen molar-refractivity contribution in [2.24, 2.45) is 34.5 Å². The number of nitrogens with zero attached hydrogens (tertiary/aromatic N) is 1. The third kappa shape index (κ3) is 3.15. The smallest absolute Gasteiger partial charge is 0.226 e. The first-order valence-electron chi connectivity index (χ1n) is 12.2. The number of amides is 2. The first kappa shape index (κ1) is 21.2. The van der Waals surface area contributed by atoms with Gasteiger partial charge >= 0.3 is 0 Å². The van der Waals surface area contributed by atoms with Crippen LogP contribution in [0.15, 0.2) is 0 Å². The van der Waals surface area contributed by atoms with Gasteiger partial charge in [0.25, 0.3) is 0 Å². The molecule has 0 radical (unpaired) electrons. The fourth-order valence-corrected chi connectivity index (χ4v) is 8.39. The number of fused-ring (bicyclic) bond motifs is 5. The number of hydrogen-bond donors (Lipinski definition) is 1. The summed E-state index contributed by atoms with van der Waals surface area (Å²) in [5.41, 5.74) is 0.406. The zero-order valence-electron chi connectivity index (χ0n) is 19.5. The lowest BCUT2D eigenvalue weighted by molar-refractivity contribution is -0.150. The van der Waals surface area contributed by atoms with Crippen molar-refractivity contribution in [1.29, 1.82) is 0 Å². The molecule has 4 heteroatoms. The molecule has 0 spiro atoms. The Morgan fingerprint density at radius 3 is 2.24 bits per heavy atom. The molecule has 1 N–H and O–H groups in total. The van der Waals surface area contributed by atoms with E-state index in [2.05, 4.69) is 51.8 Å². The molecule has 2 amide bonds. The highest BCUT2D eigenvalue weighted by molar-refractivity contribution is 5.81. The number of carbonyl (C=O) groups is 2. The SMILES string of the molecule is CC(C)N(C(=O)C1CC[C@H]2[C@@H]3CCC4NC(=O)CC[C@]4(C)[C@@H]3CC[C@]12C)C(C)C. The molecule has 2 unspecified atom stereocenters. The molecule has 4 rings (SSSR count). The van der Waals surface area contributed by atoms with Crippen molar-refractivity contribution in [2.75, 3.05) is 0 Å². The molecule has 0 aromatic carbocycles. The largest absolute Gasteiger partial charge is 0.353 e. The summed E-state index contributed by atoms with van der Waals surface area (Å²) in [4.78, 5) is 27.8. The summed E-state index contributed by atoms with van der Waals surface area (Å²) in [7, 11) is 0. The zero-order chi connectivity index (χ0) is 21.1. The van der Waals surface area contributed by atoms with E-state index < -0.39 is 0 Å². The summed E-state index contributed by atoms with van der Waals surface area (Å²) in [6.07, 6.45) is 8.77. The standard InChI is InChI=1S/C25H42N2O2/c1-15(2)27(16(3)4)23(29)20-9-8-18-17-7-10-21-25(6,14-12-22(28)26-21)19(17)11-13-24(18,20)5/h15-21H,7-14H2,1-6H3,(H,26,28)/t17-,18-,19+,20?,21?,24-,25+/m0/s1. The van der Waals surface area contributed by atoms with Crippen molar-refractivity contribution in [3.05, 3.63) is 0 Å². The van der Waals surface area contributed by atoms with Crippen LogP contribution in [0.3, 0.4) is 0 Å². The van der Waals surface area contributed by atoms with Crippen LogP contribution in [0.5, 0.6) is 0 Å². The molecule has 0 aromatic heterocycles. The van der Waals surface area contributed by atoms with E-state index >= 15 is 0 Å². The molecule has 1 heterocycles. The summed E-state index contributed by atoms with van der Waals surface area (Å²) in [5, 5.41) is 3.33. The van der Waals surface area contributed by atoms with Crippen LogP contribution in [-0.2, 0) is 9.59 Å². The van der Waals surface area contributed by atoms with E-state index in [0.717, 1.165) is 25.2 Å². The highest BCUT2D eigenvalue weighted by Gasteiger charge is 2.61. The van der Waals surface area contributed by atoms with Crippen molar-refractivity contribution in [3.63, 3.8) is 0 Å². The van der Waals surface area contributed by atoms with Crippen LogP contribution in [-0.4, -0.2) is 34.8 Å². The minimum Gasteiger partial charge on any atom is -0.353 e. The Morgan fingerprint density at radius 1 is 0.931 bits per heavy atom. The van der Waals surface area contributed by atoms with Crippen LogP contribution in [0.4, 0.5) is 0 Å². The molecule has 4 fully saturated rings. The number of rotatable bonds is 3. The van der Waals surface area contributed by atoms with Crippen LogP contribution < -0.4 is 5.32 Å². The quantitative estimate of drug-likeness (QED) is 0.739. The third-order valence-electron chi connectivity index (χ3n) is 9.76. The van der Waals surface area contributed by atoms with Gasteiger partial charge in [-0.15, -0.1) is 0 Å². The fraction of sp³-hybridized carbons (Fsp3) is 0.920. The second-order valence-electron chi connectivity index (χ2n) is 11.7. The van der Waals surface area contributed by atoms with Gasteiger partial charge < -0.3 is 10.2 Å². The van der Waals surface area contributed by atoms with Gasteiger partial charge in [-0.25, -0.2) is 0 Å². The van der Waals surface area contributed by atoms with Gasteiger partial charge in [0.05, 0.1) is 0 Å². The summed E-state index contributed by atoms with van der Waals surface area (Å²) in [5.74, 6) is 2.96. The molecule has 0 bridgehead atoms. The first-order chi connectivity index (χ1) is 13.6. The van der Waals surface area contributed by atoms with Crippen molar-refractivity contribution < 1.29 is 9.59 Å². The highest BCUT2D eigenvalue weighted by atomic mass is 16.2. The Hall–Kier alpha value is -1.06. The van der Waals surface area contributed by atoms with Gasteiger partial charge in [0.15, 0.2) is 0 Å². The van der Waals surface area contributed by atoms with Crippen molar-refractivity contribution in [3.8, 4) is 0 Å². The third-order valence-corrected chi connectivity index (χ3v) is 9.76. The fourth-order valence-electron chi connectivity index (χ4n) is 8.39. The van der Waals surface area contributed by atoms with E-state index in [-0.39, 0.29) is 34.7 Å². The van der Waals surface area contributed by atoms with Gasteiger partial charge in [0.1, 0.15) is 0 Å². The van der Waals surface area contributed by atoms with Crippen LogP contribution >= 0.6 is 0 Å². The monoisotopic (exact) mass is 402 g/mol. The minimum atomic E-state index is 0.154. The van der Waals surface area contributed by atoms with Gasteiger partial charge in [-0.1, -0.05) is 13.8 Å². The van der Waals surface area contributed by atoms with Gasteiger partial charge in [0.2, 0.25) is 11.8 Å². The maximum absolute atomic E-state index is 13.7. The van der Waals surface area contributed by atoms with Crippen LogP contribution in [0.2, 0.25) is 0 Å². The summed E-state index contributed by atoms with van der Waals surface area (Å²) >= 11 is 0. The van der Waals surface area contributed by atoms with E-state index in [1.807, 2.05) is 0 Å². The minimum absolute atomic E-state index is 0.154. The second kappa shape index (κ2) is 7.27. The molecular formula is C25H42N2O2. The Kier molecular flexibility index (Phi) is 5.31. The van der Waals surface area contributed by atoms with Crippen LogP contribution in [0.1, 0.15) is 92.9 Å². The van der Waals surface area contributed by atoms with Gasteiger partial charge in [0, 0.05) is 30.5 Å². The lowest BCUT2D eigenvalue weighted by Gasteiger charge is -2.60. The zero-order valence-corrected chi connectivity index (χ0v) is 19.5. The van der Waals surface area contributed by atoms with Crippen molar-refractivity contribution in [2.45, 2.75) is 111 Å². The number of carbonyl (C=O) groups excluding carboxylic acids is 2. The van der Waals surface area contributed by atoms with Gasteiger partial charge in [-0.2, -0.15) is 0 Å². The summed E-state index contributed by atoms with van der Waals surface area (Å²) in [6, 6.07) is 0.897. The summed E-state index contributed by atoms with van der Waals surface area (Å²) in [6.45, 7) is 13.5. The maximum atomic E-state index is 13.7. The molecule has 29 heavy (non-hydrogen) atoms. The molecule has 4 aliphatic rings. The lowest BCUT2D eigenvalue weighted by Crippen LogP contribution is -2.61. The number of hydrogen-bond acceptors (Lipinski definition) is 2. The lowest BCUT2D eigenvalue weighted by atomic mass is 9.47. The van der Waals surface area contributed by atoms with E-state index in [1.165, 1.54) is 25.7 Å². The van der Waals surface area contributed by atoms with E-state index in [0.29, 0.717) is 30.2 Å². The van der Waals surface area contributed by atoms with Crippen molar-refractivity contribution >= 4 is 11.8 Å². The molecule has 1 aliphatic heterocycles. The Morgan fingerprint density at radius 2 is 1.59 bits per heavy atom. The molecule has 1 saturated heterocycles. The van der Waals surface area contributed by atoms with Gasteiger partial charge in [-0.05, 0) is 101 Å². The van der Waals surface area contributed by atoms with Crippen LogP contribution in [0.25, 0.3) is 0 Å². The number of piperidine rings is 1. The van der Waals surface area contributed by atoms with E-state index in [1.54, 1.807) is 0 Å².